The van der Waals surface area contributed by atoms with E-state index in [1.165, 1.54) is 25.7 Å². The maximum atomic E-state index is 5.70. The fourth-order valence-corrected chi connectivity index (χ4v) is 2.34. The van der Waals surface area contributed by atoms with Crippen molar-refractivity contribution in [3.63, 3.8) is 0 Å². The van der Waals surface area contributed by atoms with Gasteiger partial charge in [0.05, 0.1) is 0 Å². The van der Waals surface area contributed by atoms with Crippen LogP contribution in [-0.2, 0) is 9.16 Å². The Morgan fingerprint density at radius 3 is 2.19 bits per heavy atom. The lowest BCUT2D eigenvalue weighted by atomic mass is 10.2. The summed E-state index contributed by atoms with van der Waals surface area (Å²) in [6.45, 7) is 11.7. The molecule has 0 amide bonds. The second-order valence-electron chi connectivity index (χ2n) is 5.64. The normalized spacial score (nSPS) is 12.8. The zero-order valence-electron chi connectivity index (χ0n) is 11.7. The van der Waals surface area contributed by atoms with Gasteiger partial charge >= 0.3 is 0 Å². The molecule has 0 fully saturated rings. The molecule has 0 aromatic rings. The summed E-state index contributed by atoms with van der Waals surface area (Å²) in [4.78, 5) is 0. The van der Waals surface area contributed by atoms with Gasteiger partial charge in [0.15, 0.2) is 9.76 Å². The van der Waals surface area contributed by atoms with E-state index in [9.17, 15) is 0 Å². The molecule has 0 aliphatic carbocycles. The molecule has 0 aliphatic rings. The summed E-state index contributed by atoms with van der Waals surface area (Å²) in [5.74, 6) is 0. The summed E-state index contributed by atoms with van der Waals surface area (Å²) in [5, 5.41) is 0.418. The minimum absolute atomic E-state index is 0.357. The number of hydrogen-bond acceptors (Lipinski definition) is 2. The molecule has 0 saturated heterocycles. The predicted octanol–water partition coefficient (Wildman–Crippen LogP) is 3.29. The second kappa shape index (κ2) is 10.3. The number of rotatable bonds is 10. The maximum Gasteiger partial charge on any atom is 0.166 e. The van der Waals surface area contributed by atoms with Crippen molar-refractivity contribution < 1.29 is 9.16 Å². The molecule has 0 radical (unpaired) electrons. The smallest absolute Gasteiger partial charge is 0.166 e. The lowest BCUT2D eigenvalue weighted by molar-refractivity contribution is 0.116. The Kier molecular flexibility index (Phi) is 10.4. The van der Waals surface area contributed by atoms with Crippen LogP contribution in [0.15, 0.2) is 0 Å². The van der Waals surface area contributed by atoms with Gasteiger partial charge in [-0.2, -0.15) is 0 Å². The third-order valence-corrected chi connectivity index (χ3v) is 3.61. The van der Waals surface area contributed by atoms with Crippen LogP contribution in [0.25, 0.3) is 0 Å². The zero-order chi connectivity index (χ0) is 12.3. The Labute approximate surface area is 104 Å². The monoisotopic (exact) mass is 246 g/mol. The molecule has 2 nitrogen and oxygen atoms in total. The van der Waals surface area contributed by atoms with Crippen molar-refractivity contribution in [2.24, 2.45) is 0 Å². The SMILES string of the molecule is CCCCCCOCCCO[SiH2]C(C)(C)C. The number of hydrogen-bond donors (Lipinski definition) is 0. The van der Waals surface area contributed by atoms with Crippen LogP contribution in [0.5, 0.6) is 0 Å². The number of unbranched alkanes of at least 4 members (excludes halogenated alkanes) is 3. The summed E-state index contributed by atoms with van der Waals surface area (Å²) in [7, 11) is -0.357. The summed E-state index contributed by atoms with van der Waals surface area (Å²) in [6, 6.07) is 0. The van der Waals surface area contributed by atoms with Crippen LogP contribution in [0.2, 0.25) is 5.04 Å². The van der Waals surface area contributed by atoms with Gasteiger partial charge in [0.2, 0.25) is 0 Å². The lowest BCUT2D eigenvalue weighted by Crippen LogP contribution is -2.14. The van der Waals surface area contributed by atoms with Gasteiger partial charge in [-0.3, -0.25) is 0 Å². The third-order valence-electron chi connectivity index (χ3n) is 2.25. The van der Waals surface area contributed by atoms with Crippen molar-refractivity contribution in [2.45, 2.75) is 64.8 Å². The van der Waals surface area contributed by atoms with Crippen molar-refractivity contribution in [3.8, 4) is 0 Å². The van der Waals surface area contributed by atoms with Crippen molar-refractivity contribution in [2.75, 3.05) is 19.8 Å². The van der Waals surface area contributed by atoms with Gasteiger partial charge in [0.1, 0.15) is 0 Å². The molecule has 0 rings (SSSR count). The Hall–Kier alpha value is 0.137. The van der Waals surface area contributed by atoms with E-state index in [4.69, 9.17) is 9.16 Å². The van der Waals surface area contributed by atoms with Gasteiger partial charge in [-0.15, -0.1) is 0 Å². The van der Waals surface area contributed by atoms with Crippen LogP contribution in [0.1, 0.15) is 59.8 Å². The first kappa shape index (κ1) is 16.1. The molecule has 0 heterocycles. The highest BCUT2D eigenvalue weighted by molar-refractivity contribution is 6.31. The highest BCUT2D eigenvalue weighted by Crippen LogP contribution is 2.19. The van der Waals surface area contributed by atoms with Crippen molar-refractivity contribution in [1.82, 2.24) is 0 Å². The summed E-state index contributed by atoms with van der Waals surface area (Å²) in [5.41, 5.74) is 0. The predicted molar refractivity (Wildman–Crippen MR) is 73.8 cm³/mol. The topological polar surface area (TPSA) is 18.5 Å². The van der Waals surface area contributed by atoms with Crippen LogP contribution in [-0.4, -0.2) is 29.6 Å². The largest absolute Gasteiger partial charge is 0.423 e. The minimum Gasteiger partial charge on any atom is -0.423 e. The Bertz CT molecular complexity index is 143. The van der Waals surface area contributed by atoms with E-state index in [1.54, 1.807) is 0 Å². The molecular formula is C13H30O2Si. The molecule has 0 N–H and O–H groups in total. The summed E-state index contributed by atoms with van der Waals surface area (Å²) < 4.78 is 11.2. The fraction of sp³-hybridized carbons (Fsp3) is 1.00. The average Bonchev–Trinajstić information content (AvgIpc) is 2.19. The van der Waals surface area contributed by atoms with E-state index in [-0.39, 0.29) is 9.76 Å². The molecule has 16 heavy (non-hydrogen) atoms. The van der Waals surface area contributed by atoms with Crippen LogP contribution >= 0.6 is 0 Å². The van der Waals surface area contributed by atoms with E-state index in [2.05, 4.69) is 27.7 Å². The first-order valence-electron chi connectivity index (χ1n) is 6.72. The molecule has 0 saturated carbocycles. The zero-order valence-corrected chi connectivity index (χ0v) is 13.1. The first-order chi connectivity index (χ1) is 7.56. The van der Waals surface area contributed by atoms with Gasteiger partial charge < -0.3 is 9.16 Å². The van der Waals surface area contributed by atoms with E-state index >= 15 is 0 Å². The second-order valence-corrected chi connectivity index (χ2v) is 8.46. The lowest BCUT2D eigenvalue weighted by Gasteiger charge is -2.16. The van der Waals surface area contributed by atoms with E-state index in [1.807, 2.05) is 0 Å². The number of ether oxygens (including phenoxy) is 1. The first-order valence-corrected chi connectivity index (χ1v) is 8.00. The fourth-order valence-electron chi connectivity index (χ4n) is 1.37. The minimum atomic E-state index is -0.357. The van der Waals surface area contributed by atoms with Gasteiger partial charge in [-0.1, -0.05) is 47.0 Å². The third kappa shape index (κ3) is 14.1. The highest BCUT2D eigenvalue weighted by atomic mass is 28.2. The van der Waals surface area contributed by atoms with Gasteiger partial charge in [0, 0.05) is 19.8 Å². The highest BCUT2D eigenvalue weighted by Gasteiger charge is 2.10. The van der Waals surface area contributed by atoms with E-state index < -0.39 is 0 Å². The molecule has 0 spiro atoms. The van der Waals surface area contributed by atoms with E-state index in [0.717, 1.165) is 26.2 Å². The van der Waals surface area contributed by atoms with Crippen LogP contribution < -0.4 is 0 Å². The Morgan fingerprint density at radius 1 is 0.875 bits per heavy atom. The molecule has 0 atom stereocenters. The molecule has 0 aromatic heterocycles. The van der Waals surface area contributed by atoms with Crippen LogP contribution in [0, 0.1) is 0 Å². The molecule has 0 bridgehead atoms. The molecule has 3 heteroatoms. The van der Waals surface area contributed by atoms with Crippen molar-refractivity contribution in [1.29, 1.82) is 0 Å². The summed E-state index contributed by atoms with van der Waals surface area (Å²) >= 11 is 0. The van der Waals surface area contributed by atoms with Crippen molar-refractivity contribution in [3.05, 3.63) is 0 Å². The van der Waals surface area contributed by atoms with Crippen LogP contribution in [0.3, 0.4) is 0 Å². The molecule has 0 aliphatic heterocycles. The van der Waals surface area contributed by atoms with Gasteiger partial charge in [-0.25, -0.2) is 0 Å². The maximum absolute atomic E-state index is 5.70. The summed E-state index contributed by atoms with van der Waals surface area (Å²) in [6.07, 6.45) is 6.21. The molecule has 98 valence electrons. The van der Waals surface area contributed by atoms with E-state index in [0.29, 0.717) is 5.04 Å². The van der Waals surface area contributed by atoms with Crippen LogP contribution in [0.4, 0.5) is 0 Å². The molecular weight excluding hydrogens is 216 g/mol. The van der Waals surface area contributed by atoms with Crippen molar-refractivity contribution >= 4 is 9.76 Å². The molecule has 0 unspecified atom stereocenters. The van der Waals surface area contributed by atoms with Gasteiger partial charge in [0.25, 0.3) is 0 Å². The average molecular weight is 246 g/mol. The van der Waals surface area contributed by atoms with Gasteiger partial charge in [-0.05, 0) is 17.9 Å². The standard InChI is InChI=1S/C13H30O2Si/c1-5-6-7-8-10-14-11-9-12-15-16-13(2,3)4/h5-12,16H2,1-4H3. The Balaban J connectivity index is 2.99. The quantitative estimate of drug-likeness (QED) is 0.435. The molecule has 0 aromatic carbocycles. The Morgan fingerprint density at radius 2 is 1.56 bits per heavy atom.